The van der Waals surface area contributed by atoms with Crippen molar-refractivity contribution in [1.29, 1.82) is 5.26 Å². The van der Waals surface area contributed by atoms with E-state index in [1.165, 1.54) is 17.4 Å². The van der Waals surface area contributed by atoms with E-state index in [0.29, 0.717) is 31.9 Å². The molecule has 0 fully saturated rings. The number of ether oxygens (including phenoxy) is 2. The summed E-state index contributed by atoms with van der Waals surface area (Å²) in [6, 6.07) is 14.0. The van der Waals surface area contributed by atoms with Crippen LogP contribution in [0.3, 0.4) is 0 Å². The van der Waals surface area contributed by atoms with Gasteiger partial charge in [-0.2, -0.15) is 5.26 Å². The maximum Gasteiger partial charge on any atom is 0.341 e. The minimum Gasteiger partial charge on any atom is -0.489 e. The molecule has 6 nitrogen and oxygen atoms in total. The molecule has 0 aliphatic carbocycles. The molecule has 0 radical (unpaired) electrons. The van der Waals surface area contributed by atoms with Gasteiger partial charge in [0.2, 0.25) is 0 Å². The maximum absolute atomic E-state index is 12.9. The van der Waals surface area contributed by atoms with Crippen molar-refractivity contribution in [3.63, 3.8) is 0 Å². The van der Waals surface area contributed by atoms with Crippen LogP contribution < -0.4 is 10.1 Å². The lowest BCUT2D eigenvalue weighted by molar-refractivity contribution is -0.112. The number of carbonyl (C=O) groups is 2. The number of amides is 1. The molecule has 0 saturated heterocycles. The first kappa shape index (κ1) is 26.3. The third-order valence-corrected chi connectivity index (χ3v) is 6.75. The van der Waals surface area contributed by atoms with Crippen molar-refractivity contribution in [2.75, 3.05) is 11.9 Å². The Hall–Kier alpha value is -3.31. The SMILES string of the molecule is CCOC(=O)c1c(NC(=O)/C(C#N)=C/c2cccc(OCc3ccc(Cl)cc3Cl)c2)sc(C)c1C. The zero-order chi connectivity index (χ0) is 25.5. The second kappa shape index (κ2) is 11.9. The first-order chi connectivity index (χ1) is 16.7. The Kier molecular flexibility index (Phi) is 8.94. The van der Waals surface area contributed by atoms with E-state index in [1.54, 1.807) is 56.3 Å². The van der Waals surface area contributed by atoms with Gasteiger partial charge in [0.05, 0.1) is 12.2 Å². The molecule has 1 N–H and O–H groups in total. The third kappa shape index (κ3) is 6.64. The van der Waals surface area contributed by atoms with Gasteiger partial charge < -0.3 is 14.8 Å². The van der Waals surface area contributed by atoms with Crippen molar-refractivity contribution >= 4 is 57.5 Å². The highest BCUT2D eigenvalue weighted by Gasteiger charge is 2.23. The molecule has 180 valence electrons. The maximum atomic E-state index is 12.9. The molecule has 35 heavy (non-hydrogen) atoms. The molecule has 3 aromatic rings. The van der Waals surface area contributed by atoms with Crippen molar-refractivity contribution in [2.24, 2.45) is 0 Å². The smallest absolute Gasteiger partial charge is 0.341 e. The Morgan fingerprint density at radius 1 is 1.17 bits per heavy atom. The van der Waals surface area contributed by atoms with E-state index in [2.05, 4.69) is 5.32 Å². The fourth-order valence-electron chi connectivity index (χ4n) is 3.14. The number of nitrogens with zero attached hydrogens (tertiary/aromatic N) is 1. The Morgan fingerprint density at radius 3 is 2.63 bits per heavy atom. The largest absolute Gasteiger partial charge is 0.489 e. The highest BCUT2D eigenvalue weighted by atomic mass is 35.5. The van der Waals surface area contributed by atoms with Crippen LogP contribution in [0.5, 0.6) is 5.75 Å². The molecule has 0 aliphatic heterocycles. The van der Waals surface area contributed by atoms with Gasteiger partial charge in [-0.25, -0.2) is 4.79 Å². The van der Waals surface area contributed by atoms with Crippen molar-refractivity contribution in [1.82, 2.24) is 0 Å². The van der Waals surface area contributed by atoms with Gasteiger partial charge in [0.15, 0.2) is 0 Å². The predicted molar refractivity (Wildman–Crippen MR) is 139 cm³/mol. The fraction of sp³-hybridized carbons (Fsp3) is 0.192. The van der Waals surface area contributed by atoms with E-state index in [-0.39, 0.29) is 18.8 Å². The standard InChI is InChI=1S/C26H22Cl2N2O4S/c1-4-33-26(32)23-15(2)16(3)35-25(23)30-24(31)19(13-29)10-17-6-5-7-21(11-17)34-14-18-8-9-20(27)12-22(18)28/h5-12H,4,14H2,1-3H3,(H,30,31)/b19-10+. The molecule has 3 rings (SSSR count). The monoisotopic (exact) mass is 528 g/mol. The summed E-state index contributed by atoms with van der Waals surface area (Å²) in [5, 5.41) is 13.7. The zero-order valence-corrected chi connectivity index (χ0v) is 21.6. The Labute approximate surface area is 217 Å². The molecule has 2 aromatic carbocycles. The number of anilines is 1. The van der Waals surface area contributed by atoms with E-state index in [0.717, 1.165) is 16.0 Å². The van der Waals surface area contributed by atoms with Crippen molar-refractivity contribution in [3.8, 4) is 11.8 Å². The molecule has 0 atom stereocenters. The number of nitriles is 1. The number of nitrogens with one attached hydrogen (secondary N) is 1. The van der Waals surface area contributed by atoms with Crippen molar-refractivity contribution in [3.05, 3.63) is 85.2 Å². The summed E-state index contributed by atoms with van der Waals surface area (Å²) in [5.41, 5.74) is 2.28. The van der Waals surface area contributed by atoms with E-state index < -0.39 is 11.9 Å². The van der Waals surface area contributed by atoms with E-state index in [1.807, 2.05) is 13.0 Å². The number of halogens is 2. The van der Waals surface area contributed by atoms with Gasteiger partial charge in [-0.05, 0) is 62.2 Å². The molecule has 1 heterocycles. The fourth-order valence-corrected chi connectivity index (χ4v) is 4.65. The highest BCUT2D eigenvalue weighted by molar-refractivity contribution is 7.16. The lowest BCUT2D eigenvalue weighted by atomic mass is 10.1. The minimum atomic E-state index is -0.626. The zero-order valence-electron chi connectivity index (χ0n) is 19.3. The van der Waals surface area contributed by atoms with Gasteiger partial charge in [-0.15, -0.1) is 11.3 Å². The molecule has 0 unspecified atom stereocenters. The van der Waals surface area contributed by atoms with Gasteiger partial charge in [0.25, 0.3) is 5.91 Å². The lowest BCUT2D eigenvalue weighted by Crippen LogP contribution is -2.16. The van der Waals surface area contributed by atoms with Gasteiger partial charge in [-0.3, -0.25) is 4.79 Å². The highest BCUT2D eigenvalue weighted by Crippen LogP contribution is 2.33. The first-order valence-electron chi connectivity index (χ1n) is 10.6. The van der Waals surface area contributed by atoms with Gasteiger partial charge in [-0.1, -0.05) is 41.4 Å². The summed E-state index contributed by atoms with van der Waals surface area (Å²) in [6.07, 6.45) is 1.45. The minimum absolute atomic E-state index is 0.124. The average Bonchev–Trinajstić information content (AvgIpc) is 3.10. The predicted octanol–water partition coefficient (Wildman–Crippen LogP) is 6.97. The molecule has 0 saturated carbocycles. The first-order valence-corrected chi connectivity index (χ1v) is 12.2. The summed E-state index contributed by atoms with van der Waals surface area (Å²) < 4.78 is 10.9. The van der Waals surface area contributed by atoms with Crippen LogP contribution in [0.25, 0.3) is 6.08 Å². The van der Waals surface area contributed by atoms with Crippen LogP contribution in [0.1, 0.15) is 38.8 Å². The number of benzene rings is 2. The summed E-state index contributed by atoms with van der Waals surface area (Å²) in [6.45, 7) is 5.79. The van der Waals surface area contributed by atoms with Crippen LogP contribution in [0.15, 0.2) is 48.0 Å². The molecular weight excluding hydrogens is 507 g/mol. The molecule has 0 bridgehead atoms. The second-order valence-electron chi connectivity index (χ2n) is 7.43. The Balaban J connectivity index is 1.78. The van der Waals surface area contributed by atoms with Gasteiger partial charge in [0, 0.05) is 20.5 Å². The number of rotatable bonds is 8. The van der Waals surface area contributed by atoms with Crippen molar-refractivity contribution < 1.29 is 19.1 Å². The van der Waals surface area contributed by atoms with Crippen LogP contribution in [-0.2, 0) is 16.1 Å². The number of esters is 1. The van der Waals surface area contributed by atoms with Gasteiger partial charge in [0.1, 0.15) is 29.0 Å². The van der Waals surface area contributed by atoms with E-state index in [9.17, 15) is 14.9 Å². The normalized spacial score (nSPS) is 11.0. The average molecular weight is 529 g/mol. The Morgan fingerprint density at radius 2 is 1.94 bits per heavy atom. The number of hydrogen-bond donors (Lipinski definition) is 1. The Bertz CT molecular complexity index is 1340. The summed E-state index contributed by atoms with van der Waals surface area (Å²) in [5.74, 6) is -0.604. The number of aryl methyl sites for hydroxylation is 1. The third-order valence-electron chi connectivity index (χ3n) is 5.04. The van der Waals surface area contributed by atoms with E-state index in [4.69, 9.17) is 32.7 Å². The number of hydrogen-bond acceptors (Lipinski definition) is 6. The lowest BCUT2D eigenvalue weighted by Gasteiger charge is -2.09. The van der Waals surface area contributed by atoms with Crippen molar-refractivity contribution in [2.45, 2.75) is 27.4 Å². The molecule has 0 spiro atoms. The van der Waals surface area contributed by atoms with Crippen LogP contribution in [0, 0.1) is 25.2 Å². The molecule has 1 amide bonds. The van der Waals surface area contributed by atoms with Crippen LogP contribution in [0.2, 0.25) is 10.0 Å². The summed E-state index contributed by atoms with van der Waals surface area (Å²) >= 11 is 13.4. The van der Waals surface area contributed by atoms with E-state index >= 15 is 0 Å². The topological polar surface area (TPSA) is 88.4 Å². The van der Waals surface area contributed by atoms with Gasteiger partial charge >= 0.3 is 5.97 Å². The number of thiophene rings is 1. The molecule has 1 aromatic heterocycles. The molecular formula is C26H22Cl2N2O4S. The van der Waals surface area contributed by atoms with Crippen LogP contribution >= 0.6 is 34.5 Å². The summed E-state index contributed by atoms with van der Waals surface area (Å²) in [4.78, 5) is 26.1. The summed E-state index contributed by atoms with van der Waals surface area (Å²) in [7, 11) is 0. The molecule has 0 aliphatic rings. The molecule has 9 heteroatoms. The number of carbonyl (C=O) groups excluding carboxylic acids is 2. The second-order valence-corrected chi connectivity index (χ2v) is 9.50. The van der Waals surface area contributed by atoms with Crippen LogP contribution in [-0.4, -0.2) is 18.5 Å². The quantitative estimate of drug-likeness (QED) is 0.193. The van der Waals surface area contributed by atoms with Crippen LogP contribution in [0.4, 0.5) is 5.00 Å².